The van der Waals surface area contributed by atoms with Gasteiger partial charge >= 0.3 is 0 Å². The van der Waals surface area contributed by atoms with Crippen LogP contribution in [-0.2, 0) is 4.79 Å². The average Bonchev–Trinajstić information content (AvgIpc) is 3.06. The summed E-state index contributed by atoms with van der Waals surface area (Å²) >= 11 is 14.3. The van der Waals surface area contributed by atoms with Crippen molar-refractivity contribution in [2.75, 3.05) is 6.61 Å². The zero-order valence-electron chi connectivity index (χ0n) is 14.6. The molecule has 2 aromatic carbocycles. The van der Waals surface area contributed by atoms with Crippen molar-refractivity contribution in [1.82, 2.24) is 10.5 Å². The van der Waals surface area contributed by atoms with Crippen LogP contribution in [0.4, 0.5) is 0 Å². The summed E-state index contributed by atoms with van der Waals surface area (Å²) in [6.07, 6.45) is 1.46. The second-order valence-electron chi connectivity index (χ2n) is 6.10. The summed E-state index contributed by atoms with van der Waals surface area (Å²) in [4.78, 5) is 15.6. The zero-order chi connectivity index (χ0) is 19.4. The van der Waals surface area contributed by atoms with Crippen molar-refractivity contribution in [3.05, 3.63) is 45.9 Å². The molecule has 0 aliphatic heterocycles. The van der Waals surface area contributed by atoms with E-state index in [-0.39, 0.29) is 6.42 Å². The van der Waals surface area contributed by atoms with Crippen LogP contribution in [0, 0.1) is 6.92 Å². The van der Waals surface area contributed by atoms with Gasteiger partial charge in [-0.25, -0.2) is 10.5 Å². The Balaban J connectivity index is 1.71. The number of carbonyl (C=O) groups is 1. The first-order valence-electron chi connectivity index (χ1n) is 8.40. The van der Waals surface area contributed by atoms with Crippen LogP contribution in [0.15, 0.2) is 30.3 Å². The van der Waals surface area contributed by atoms with Crippen molar-refractivity contribution in [1.29, 1.82) is 0 Å². The molecule has 142 valence electrons. The molecule has 2 N–H and O–H groups in total. The van der Waals surface area contributed by atoms with Gasteiger partial charge in [-0.1, -0.05) is 29.3 Å². The fourth-order valence-electron chi connectivity index (χ4n) is 2.59. The summed E-state index contributed by atoms with van der Waals surface area (Å²) in [5.74, 6) is 0.00657. The molecule has 1 aromatic heterocycles. The fraction of sp³-hybridized carbons (Fsp3) is 0.263. The molecule has 0 spiro atoms. The number of nitrogens with zero attached hydrogens (tertiary/aromatic N) is 1. The van der Waals surface area contributed by atoms with Crippen LogP contribution in [0.2, 0.25) is 10.0 Å². The second kappa shape index (κ2) is 8.89. The third-order valence-corrected chi connectivity index (χ3v) is 5.59. The molecule has 0 aliphatic carbocycles. The highest BCUT2D eigenvalue weighted by Crippen LogP contribution is 2.39. The van der Waals surface area contributed by atoms with E-state index in [2.05, 4.69) is 18.0 Å². The molecule has 3 aromatic rings. The highest BCUT2D eigenvalue weighted by atomic mass is 35.5. The van der Waals surface area contributed by atoms with E-state index in [1.807, 2.05) is 12.1 Å². The van der Waals surface area contributed by atoms with Gasteiger partial charge in [0, 0.05) is 12.0 Å². The summed E-state index contributed by atoms with van der Waals surface area (Å²) in [6.45, 7) is 2.42. The number of aryl methyl sites for hydroxylation is 1. The van der Waals surface area contributed by atoms with Gasteiger partial charge in [0.25, 0.3) is 0 Å². The van der Waals surface area contributed by atoms with Crippen molar-refractivity contribution in [2.24, 2.45) is 0 Å². The Morgan fingerprint density at radius 2 is 1.96 bits per heavy atom. The van der Waals surface area contributed by atoms with Gasteiger partial charge in [0.1, 0.15) is 5.01 Å². The molecule has 1 heterocycles. The van der Waals surface area contributed by atoms with E-state index in [4.69, 9.17) is 33.1 Å². The Morgan fingerprint density at radius 3 is 2.67 bits per heavy atom. The fourth-order valence-corrected chi connectivity index (χ4v) is 4.24. The van der Waals surface area contributed by atoms with Crippen LogP contribution < -0.4 is 10.2 Å². The van der Waals surface area contributed by atoms with E-state index in [1.54, 1.807) is 28.9 Å². The van der Waals surface area contributed by atoms with Gasteiger partial charge in [0.2, 0.25) is 5.91 Å². The number of unbranched alkanes of at least 4 members (excludes halogenated alkanes) is 1. The summed E-state index contributed by atoms with van der Waals surface area (Å²) < 4.78 is 6.79. The van der Waals surface area contributed by atoms with Crippen LogP contribution >= 0.6 is 34.5 Å². The van der Waals surface area contributed by atoms with Gasteiger partial charge in [0.15, 0.2) is 5.75 Å². The van der Waals surface area contributed by atoms with Crippen molar-refractivity contribution in [2.45, 2.75) is 26.2 Å². The van der Waals surface area contributed by atoms with Gasteiger partial charge in [0.05, 0.1) is 26.9 Å². The molecular formula is C19H18Cl2N2O3S. The maximum Gasteiger partial charge on any atom is 0.243 e. The molecule has 1 amide bonds. The Labute approximate surface area is 170 Å². The molecule has 0 aliphatic rings. The predicted molar refractivity (Wildman–Crippen MR) is 109 cm³/mol. The van der Waals surface area contributed by atoms with E-state index in [1.165, 1.54) is 5.56 Å². The quantitative estimate of drug-likeness (QED) is 0.292. The average molecular weight is 425 g/mol. The number of halogens is 2. The molecule has 0 bridgehead atoms. The number of carbonyl (C=O) groups excluding carboxylic acids is 1. The Bertz CT molecular complexity index is 952. The normalized spacial score (nSPS) is 11.0. The number of hydrogen-bond donors (Lipinski definition) is 2. The van der Waals surface area contributed by atoms with Gasteiger partial charge in [-0.3, -0.25) is 10.0 Å². The molecule has 0 radical (unpaired) electrons. The molecule has 0 saturated carbocycles. The molecule has 8 heteroatoms. The standard InChI is InChI=1S/C19H18Cl2N2O3S/c1-11-5-6-15-16(8-11)27-19(22-15)12-9-13(20)18(14(21)10-12)26-7-3-2-4-17(24)23-25/h5-6,8-10,25H,2-4,7H2,1H3,(H,23,24). The van der Waals surface area contributed by atoms with Crippen LogP contribution in [0.25, 0.3) is 20.8 Å². The number of amides is 1. The summed E-state index contributed by atoms with van der Waals surface area (Å²) in [6, 6.07) is 9.74. The Kier molecular flexibility index (Phi) is 6.55. The third kappa shape index (κ3) is 4.90. The first kappa shape index (κ1) is 19.9. The molecule has 0 fully saturated rings. The van der Waals surface area contributed by atoms with E-state index in [0.29, 0.717) is 35.2 Å². The maximum atomic E-state index is 11.0. The lowest BCUT2D eigenvalue weighted by atomic mass is 10.2. The van der Waals surface area contributed by atoms with Crippen molar-refractivity contribution >= 4 is 50.7 Å². The Morgan fingerprint density at radius 1 is 1.22 bits per heavy atom. The topological polar surface area (TPSA) is 71.5 Å². The molecular weight excluding hydrogens is 407 g/mol. The molecule has 3 rings (SSSR count). The Hall–Kier alpha value is -1.86. The number of benzene rings is 2. The number of hydroxylamine groups is 1. The van der Waals surface area contributed by atoms with Crippen LogP contribution in [-0.4, -0.2) is 22.7 Å². The maximum absolute atomic E-state index is 11.0. The number of fused-ring (bicyclic) bond motifs is 1. The molecule has 5 nitrogen and oxygen atoms in total. The SMILES string of the molecule is Cc1ccc2nc(-c3cc(Cl)c(OCCCCC(=O)NO)c(Cl)c3)sc2c1. The predicted octanol–water partition coefficient (Wildman–Crippen LogP) is 5.63. The lowest BCUT2D eigenvalue weighted by molar-refractivity contribution is -0.129. The first-order chi connectivity index (χ1) is 13.0. The van der Waals surface area contributed by atoms with Crippen LogP contribution in [0.3, 0.4) is 0 Å². The van der Waals surface area contributed by atoms with Crippen LogP contribution in [0.1, 0.15) is 24.8 Å². The minimum absolute atomic E-state index is 0.233. The number of nitrogens with one attached hydrogen (secondary N) is 1. The second-order valence-corrected chi connectivity index (χ2v) is 7.94. The van der Waals surface area contributed by atoms with E-state index >= 15 is 0 Å². The summed E-state index contributed by atoms with van der Waals surface area (Å²) in [5, 5.41) is 10.1. The lowest BCUT2D eigenvalue weighted by Crippen LogP contribution is -2.18. The van der Waals surface area contributed by atoms with Crippen molar-refractivity contribution in [3.8, 4) is 16.3 Å². The van der Waals surface area contributed by atoms with Crippen LogP contribution in [0.5, 0.6) is 5.75 Å². The lowest BCUT2D eigenvalue weighted by Gasteiger charge is -2.11. The number of ether oxygens (including phenoxy) is 1. The molecule has 0 saturated heterocycles. The highest BCUT2D eigenvalue weighted by Gasteiger charge is 2.14. The smallest absolute Gasteiger partial charge is 0.243 e. The highest BCUT2D eigenvalue weighted by molar-refractivity contribution is 7.21. The number of aromatic nitrogens is 1. The van der Waals surface area contributed by atoms with E-state index < -0.39 is 5.91 Å². The minimum atomic E-state index is -0.415. The largest absolute Gasteiger partial charge is 0.490 e. The number of hydrogen-bond acceptors (Lipinski definition) is 5. The van der Waals surface area contributed by atoms with E-state index in [9.17, 15) is 4.79 Å². The molecule has 27 heavy (non-hydrogen) atoms. The minimum Gasteiger partial charge on any atom is -0.490 e. The van der Waals surface area contributed by atoms with Gasteiger partial charge in [-0.2, -0.15) is 0 Å². The van der Waals surface area contributed by atoms with Crippen molar-refractivity contribution in [3.63, 3.8) is 0 Å². The monoisotopic (exact) mass is 424 g/mol. The number of thiazole rings is 1. The van der Waals surface area contributed by atoms with E-state index in [0.717, 1.165) is 20.8 Å². The van der Waals surface area contributed by atoms with Gasteiger partial charge < -0.3 is 4.74 Å². The summed E-state index contributed by atoms with van der Waals surface area (Å²) in [5.41, 5.74) is 4.58. The zero-order valence-corrected chi connectivity index (χ0v) is 16.9. The van der Waals surface area contributed by atoms with Crippen molar-refractivity contribution < 1.29 is 14.7 Å². The van der Waals surface area contributed by atoms with Gasteiger partial charge in [-0.15, -0.1) is 11.3 Å². The first-order valence-corrected chi connectivity index (χ1v) is 9.97. The third-order valence-electron chi connectivity index (χ3n) is 3.96. The summed E-state index contributed by atoms with van der Waals surface area (Å²) in [7, 11) is 0. The number of rotatable bonds is 7. The molecule has 0 atom stereocenters. The van der Waals surface area contributed by atoms with Gasteiger partial charge in [-0.05, 0) is 49.6 Å². The molecule has 0 unspecified atom stereocenters.